The van der Waals surface area contributed by atoms with Crippen LogP contribution in [0.2, 0.25) is 0 Å². The lowest BCUT2D eigenvalue weighted by molar-refractivity contribution is 0.178. The van der Waals surface area contributed by atoms with Gasteiger partial charge >= 0.3 is 0 Å². The average Bonchev–Trinajstić information content (AvgIpc) is 3.37. The Balaban J connectivity index is 1.20. The van der Waals surface area contributed by atoms with Crippen LogP contribution in [0.25, 0.3) is 10.9 Å². The van der Waals surface area contributed by atoms with E-state index >= 15 is 0 Å². The second-order valence-electron chi connectivity index (χ2n) is 8.24. The van der Waals surface area contributed by atoms with E-state index in [9.17, 15) is 0 Å². The van der Waals surface area contributed by atoms with Crippen molar-refractivity contribution in [3.63, 3.8) is 0 Å². The minimum Gasteiger partial charge on any atom is -0.496 e. The normalized spacial score (nSPS) is 18.0. The van der Waals surface area contributed by atoms with E-state index in [4.69, 9.17) is 4.74 Å². The van der Waals surface area contributed by atoms with Crippen molar-refractivity contribution in [1.82, 2.24) is 9.88 Å². The fourth-order valence-electron chi connectivity index (χ4n) is 4.99. The van der Waals surface area contributed by atoms with Crippen molar-refractivity contribution in [2.75, 3.05) is 38.2 Å². The van der Waals surface area contributed by atoms with Gasteiger partial charge in [0.15, 0.2) is 0 Å². The Bertz CT molecular complexity index is 955. The zero-order valence-electron chi connectivity index (χ0n) is 16.7. The Labute approximate surface area is 167 Å². The highest BCUT2D eigenvalue weighted by Gasteiger charge is 2.25. The van der Waals surface area contributed by atoms with E-state index in [1.54, 1.807) is 7.11 Å². The number of aromatic nitrogens is 1. The molecular weight excluding hydrogens is 346 g/mol. The molecule has 0 saturated carbocycles. The summed E-state index contributed by atoms with van der Waals surface area (Å²) < 4.78 is 5.75. The van der Waals surface area contributed by atoms with Gasteiger partial charge in [0.25, 0.3) is 0 Å². The number of methoxy groups -OCH3 is 1. The number of fused-ring (bicyclic) bond motifs is 2. The maximum atomic E-state index is 5.75. The van der Waals surface area contributed by atoms with Gasteiger partial charge in [0, 0.05) is 48.0 Å². The number of hydrogen-bond donors (Lipinski definition) is 1. The number of para-hydroxylation sites is 1. The van der Waals surface area contributed by atoms with Crippen LogP contribution in [0.4, 0.5) is 5.69 Å². The molecular formula is C24H29N3O. The van der Waals surface area contributed by atoms with Gasteiger partial charge in [-0.3, -0.25) is 4.90 Å². The van der Waals surface area contributed by atoms with E-state index in [-0.39, 0.29) is 0 Å². The number of nitrogens with one attached hydrogen (secondary N) is 1. The van der Waals surface area contributed by atoms with Crippen LogP contribution in [0.15, 0.2) is 48.7 Å². The van der Waals surface area contributed by atoms with Gasteiger partial charge < -0.3 is 14.6 Å². The molecule has 3 heterocycles. The first-order chi connectivity index (χ1) is 13.8. The van der Waals surface area contributed by atoms with Crippen molar-refractivity contribution in [2.24, 2.45) is 5.92 Å². The summed E-state index contributed by atoms with van der Waals surface area (Å²) in [6, 6.07) is 15.4. The molecule has 0 unspecified atom stereocenters. The minimum atomic E-state index is 0.802. The summed E-state index contributed by atoms with van der Waals surface area (Å²) in [5, 5.41) is 1.18. The topological polar surface area (TPSA) is 31.5 Å². The molecule has 2 aromatic carbocycles. The monoisotopic (exact) mass is 375 g/mol. The molecule has 2 aliphatic rings. The standard InChI is InChI=1S/C24H29N3O/c1-28-24-20(6-7-22-21(24)8-12-25-22)17-26-13-9-18(10-14-26)16-27-15-11-19-4-2-3-5-23(19)27/h2-8,12,18,25H,9-11,13-17H2,1H3. The predicted molar refractivity (Wildman–Crippen MR) is 115 cm³/mol. The first-order valence-electron chi connectivity index (χ1n) is 10.5. The summed E-state index contributed by atoms with van der Waals surface area (Å²) in [7, 11) is 1.78. The van der Waals surface area contributed by atoms with Gasteiger partial charge in [-0.05, 0) is 62.0 Å². The quantitative estimate of drug-likeness (QED) is 0.715. The molecule has 0 spiro atoms. The Morgan fingerprint density at radius 2 is 1.89 bits per heavy atom. The first-order valence-corrected chi connectivity index (χ1v) is 10.5. The summed E-state index contributed by atoms with van der Waals surface area (Å²) >= 11 is 0. The largest absolute Gasteiger partial charge is 0.496 e. The van der Waals surface area contributed by atoms with E-state index < -0.39 is 0 Å². The van der Waals surface area contributed by atoms with Gasteiger partial charge in [0.05, 0.1) is 7.11 Å². The molecule has 3 aromatic rings. The molecule has 4 nitrogen and oxygen atoms in total. The van der Waals surface area contributed by atoms with Crippen LogP contribution >= 0.6 is 0 Å². The molecule has 1 fully saturated rings. The molecule has 1 saturated heterocycles. The van der Waals surface area contributed by atoms with Crippen LogP contribution in [-0.2, 0) is 13.0 Å². The maximum absolute atomic E-state index is 5.75. The van der Waals surface area contributed by atoms with Crippen molar-refractivity contribution in [3.05, 3.63) is 59.8 Å². The fraction of sp³-hybridized carbons (Fsp3) is 0.417. The molecule has 1 aromatic heterocycles. The molecule has 0 bridgehead atoms. The van der Waals surface area contributed by atoms with Gasteiger partial charge in [-0.25, -0.2) is 0 Å². The second kappa shape index (κ2) is 7.51. The number of aromatic amines is 1. The van der Waals surface area contributed by atoms with Crippen LogP contribution < -0.4 is 9.64 Å². The van der Waals surface area contributed by atoms with Gasteiger partial charge in [-0.15, -0.1) is 0 Å². The zero-order valence-corrected chi connectivity index (χ0v) is 16.7. The highest BCUT2D eigenvalue weighted by Crippen LogP contribution is 2.32. The van der Waals surface area contributed by atoms with E-state index in [1.165, 1.54) is 67.6 Å². The van der Waals surface area contributed by atoms with Crippen molar-refractivity contribution < 1.29 is 4.74 Å². The van der Waals surface area contributed by atoms with Gasteiger partial charge in [0.1, 0.15) is 5.75 Å². The lowest BCUT2D eigenvalue weighted by atomic mass is 9.95. The number of piperidine rings is 1. The van der Waals surface area contributed by atoms with Crippen molar-refractivity contribution in [3.8, 4) is 5.75 Å². The van der Waals surface area contributed by atoms with Gasteiger partial charge in [-0.1, -0.05) is 24.3 Å². The number of hydrogen-bond acceptors (Lipinski definition) is 3. The number of benzene rings is 2. The van der Waals surface area contributed by atoms with Gasteiger partial charge in [0.2, 0.25) is 0 Å². The number of nitrogens with zero attached hydrogens (tertiary/aromatic N) is 2. The van der Waals surface area contributed by atoms with E-state index in [0.717, 1.165) is 23.7 Å². The van der Waals surface area contributed by atoms with Crippen LogP contribution in [-0.4, -0.2) is 43.2 Å². The Hall–Kier alpha value is -2.46. The first kappa shape index (κ1) is 17.6. The third-order valence-electron chi connectivity index (χ3n) is 6.53. The third kappa shape index (κ3) is 3.26. The Kier molecular flexibility index (Phi) is 4.73. The smallest absolute Gasteiger partial charge is 0.132 e. The highest BCUT2D eigenvalue weighted by atomic mass is 16.5. The molecule has 146 valence electrons. The second-order valence-corrected chi connectivity index (χ2v) is 8.24. The summed E-state index contributed by atoms with van der Waals surface area (Å²) in [6.45, 7) is 5.73. The van der Waals surface area contributed by atoms with Crippen LogP contribution in [0.5, 0.6) is 5.75 Å². The van der Waals surface area contributed by atoms with Gasteiger partial charge in [-0.2, -0.15) is 0 Å². The van der Waals surface area contributed by atoms with E-state index in [2.05, 4.69) is 57.2 Å². The van der Waals surface area contributed by atoms with Crippen molar-refractivity contribution in [1.29, 1.82) is 0 Å². The highest BCUT2D eigenvalue weighted by molar-refractivity contribution is 5.87. The summed E-state index contributed by atoms with van der Waals surface area (Å²) in [6.07, 6.45) is 5.76. The SMILES string of the molecule is COc1c(CN2CCC(CN3CCc4ccccc43)CC2)ccc2[nH]ccc12. The molecule has 0 atom stereocenters. The molecule has 0 aliphatic carbocycles. The zero-order chi connectivity index (χ0) is 18.9. The summed E-state index contributed by atoms with van der Waals surface area (Å²) in [5.41, 5.74) is 5.42. The number of H-pyrrole nitrogens is 1. The molecule has 28 heavy (non-hydrogen) atoms. The summed E-state index contributed by atoms with van der Waals surface area (Å²) in [5.74, 6) is 1.83. The minimum absolute atomic E-state index is 0.802. The number of rotatable bonds is 5. The third-order valence-corrected chi connectivity index (χ3v) is 6.53. The fourth-order valence-corrected chi connectivity index (χ4v) is 4.99. The van der Waals surface area contributed by atoms with Crippen molar-refractivity contribution >= 4 is 16.6 Å². The molecule has 0 radical (unpaired) electrons. The molecule has 0 amide bonds. The number of anilines is 1. The van der Waals surface area contributed by atoms with E-state index in [1.807, 2.05) is 6.20 Å². The maximum Gasteiger partial charge on any atom is 0.132 e. The lowest BCUT2D eigenvalue weighted by Crippen LogP contribution is -2.38. The molecule has 5 rings (SSSR count). The molecule has 2 aliphatic heterocycles. The Morgan fingerprint density at radius 3 is 2.75 bits per heavy atom. The van der Waals surface area contributed by atoms with Crippen LogP contribution in [0, 0.1) is 5.92 Å². The average molecular weight is 376 g/mol. The van der Waals surface area contributed by atoms with Crippen LogP contribution in [0.1, 0.15) is 24.0 Å². The molecule has 4 heteroatoms. The Morgan fingerprint density at radius 1 is 1.04 bits per heavy atom. The number of likely N-dealkylation sites (tertiary alicyclic amines) is 1. The lowest BCUT2D eigenvalue weighted by Gasteiger charge is -2.34. The molecule has 1 N–H and O–H groups in total. The number of ether oxygens (including phenoxy) is 1. The van der Waals surface area contributed by atoms with Crippen molar-refractivity contribution in [2.45, 2.75) is 25.8 Å². The predicted octanol–water partition coefficient (Wildman–Crippen LogP) is 4.45. The van der Waals surface area contributed by atoms with E-state index in [0.29, 0.717) is 0 Å². The van der Waals surface area contributed by atoms with Crippen LogP contribution in [0.3, 0.4) is 0 Å². The summed E-state index contributed by atoms with van der Waals surface area (Å²) in [4.78, 5) is 8.47.